The second-order valence-electron chi connectivity index (χ2n) is 10.7. The van der Waals surface area contributed by atoms with Gasteiger partial charge >= 0.3 is 11.5 Å². The van der Waals surface area contributed by atoms with Gasteiger partial charge in [-0.15, -0.1) is 0 Å². The maximum Gasteiger partial charge on any atom is 0.311 e. The highest BCUT2D eigenvalue weighted by atomic mass is 35.5. The molecule has 43 heavy (non-hydrogen) atoms. The number of carbonyl (C=O) groups excluding carboxylic acids is 2. The number of hydrogen-bond acceptors (Lipinski definition) is 6. The first-order valence-corrected chi connectivity index (χ1v) is 14.4. The highest BCUT2D eigenvalue weighted by Gasteiger charge is 2.52. The molecule has 3 aromatic rings. The molecule has 0 radical (unpaired) electrons. The number of ether oxygens (including phenoxy) is 1. The average molecular weight is 613 g/mol. The van der Waals surface area contributed by atoms with E-state index in [2.05, 4.69) is 15.5 Å². The first-order valence-electron chi connectivity index (χ1n) is 14.1. The molecule has 1 aromatic heterocycles. The predicted octanol–water partition coefficient (Wildman–Crippen LogP) is 5.40. The third-order valence-electron chi connectivity index (χ3n) is 8.23. The summed E-state index contributed by atoms with van der Waals surface area (Å²) >= 11 is 6.35. The third kappa shape index (κ3) is 6.41. The van der Waals surface area contributed by atoms with Crippen LogP contribution in [0, 0.1) is 18.2 Å². The van der Waals surface area contributed by atoms with Crippen LogP contribution in [0.15, 0.2) is 53.3 Å². The summed E-state index contributed by atoms with van der Waals surface area (Å²) in [6.45, 7) is 6.76. The molecule has 2 heterocycles. The van der Waals surface area contributed by atoms with E-state index in [1.807, 2.05) is 0 Å². The molecule has 1 aliphatic rings. The van der Waals surface area contributed by atoms with Gasteiger partial charge in [0, 0.05) is 17.7 Å². The van der Waals surface area contributed by atoms with Crippen molar-refractivity contribution in [1.29, 1.82) is 0 Å². The van der Waals surface area contributed by atoms with Crippen molar-refractivity contribution < 1.29 is 28.6 Å². The van der Waals surface area contributed by atoms with Gasteiger partial charge in [0.05, 0.1) is 22.2 Å². The average Bonchev–Trinajstić information content (AvgIpc) is 3.41. The highest BCUT2D eigenvalue weighted by molar-refractivity contribution is 6.32. The van der Waals surface area contributed by atoms with E-state index in [0.717, 1.165) is 0 Å². The number of aromatic amines is 1. The van der Waals surface area contributed by atoms with E-state index in [1.54, 1.807) is 32.9 Å². The summed E-state index contributed by atoms with van der Waals surface area (Å²) in [6, 6.07) is 9.33. The van der Waals surface area contributed by atoms with Gasteiger partial charge in [-0.1, -0.05) is 37.6 Å². The Morgan fingerprint density at radius 3 is 2.51 bits per heavy atom. The number of benzene rings is 2. The molecule has 3 atom stereocenters. The number of carbonyl (C=O) groups is 3. The van der Waals surface area contributed by atoms with Crippen LogP contribution in [-0.2, 0) is 9.59 Å². The van der Waals surface area contributed by atoms with Crippen LogP contribution in [0.3, 0.4) is 0 Å². The van der Waals surface area contributed by atoms with Crippen LogP contribution >= 0.6 is 11.6 Å². The van der Waals surface area contributed by atoms with Gasteiger partial charge in [0.2, 0.25) is 5.91 Å². The van der Waals surface area contributed by atoms with Gasteiger partial charge in [-0.05, 0) is 75.4 Å². The van der Waals surface area contributed by atoms with E-state index in [9.17, 15) is 28.7 Å². The van der Waals surface area contributed by atoms with Crippen LogP contribution < -0.4 is 15.6 Å². The van der Waals surface area contributed by atoms with Crippen LogP contribution in [0.1, 0.15) is 74.1 Å². The summed E-state index contributed by atoms with van der Waals surface area (Å²) in [7, 11) is 0. The van der Waals surface area contributed by atoms with Crippen molar-refractivity contribution in [3.8, 4) is 11.5 Å². The molecule has 228 valence electrons. The molecule has 0 bridgehead atoms. The van der Waals surface area contributed by atoms with E-state index in [1.165, 1.54) is 48.2 Å². The van der Waals surface area contributed by atoms with Gasteiger partial charge < -0.3 is 20.1 Å². The van der Waals surface area contributed by atoms with E-state index < -0.39 is 52.7 Å². The quantitative estimate of drug-likeness (QED) is 0.278. The molecule has 1 fully saturated rings. The second kappa shape index (κ2) is 12.9. The maximum absolute atomic E-state index is 14.2. The lowest BCUT2D eigenvalue weighted by Crippen LogP contribution is -2.55. The fraction of sp³-hybridized carbons (Fsp3) is 0.387. The molecule has 12 heteroatoms. The number of carboxylic acids is 1. The number of likely N-dealkylation sites (tertiary alicyclic amines) is 1. The molecule has 0 saturated carbocycles. The van der Waals surface area contributed by atoms with Crippen molar-refractivity contribution >= 4 is 29.4 Å². The van der Waals surface area contributed by atoms with Crippen molar-refractivity contribution in [2.24, 2.45) is 5.41 Å². The van der Waals surface area contributed by atoms with E-state index >= 15 is 0 Å². The standard InChI is InChI=1S/C31H34ClFN4O6/c1-5-31(6-2,30(41)42)26-13-11-23(19-8-7-9-21(33)15-19)37(26)29(40)18(4)34-27(38)20-10-12-24(22(32)16-20)43-25-14-17(3)35-36-28(25)39/h7-10,12,14-16,18,23,26H,5-6,11,13H2,1-4H3,(H,34,38)(H,36,39)(H,41,42)/t18-,23+,26-/m1/s1. The summed E-state index contributed by atoms with van der Waals surface area (Å²) in [5.41, 5.74) is -0.533. The molecule has 3 N–H and O–H groups in total. The number of carboxylic acid groups (broad SMARTS) is 1. The van der Waals surface area contributed by atoms with Gasteiger partial charge in [0.1, 0.15) is 17.6 Å². The smallest absolute Gasteiger partial charge is 0.311 e. The van der Waals surface area contributed by atoms with Crippen LogP contribution in [0.5, 0.6) is 11.5 Å². The van der Waals surface area contributed by atoms with Crippen molar-refractivity contribution in [2.75, 3.05) is 0 Å². The molecule has 4 rings (SSSR count). The Bertz CT molecular complexity index is 1590. The zero-order chi connectivity index (χ0) is 31.5. The van der Waals surface area contributed by atoms with E-state index in [4.69, 9.17) is 16.3 Å². The zero-order valence-corrected chi connectivity index (χ0v) is 25.1. The normalized spacial score (nSPS) is 17.4. The van der Waals surface area contributed by atoms with Crippen LogP contribution in [0.2, 0.25) is 5.02 Å². The SMILES string of the molecule is CCC(CC)(C(=O)O)[C@H]1CC[C@@H](c2cccc(F)c2)N1C(=O)[C@@H](C)NC(=O)c1ccc(Oc2cc(C)n[nH]c2=O)c(Cl)c1. The Hall–Kier alpha value is -4.25. The Balaban J connectivity index is 1.58. The molecule has 2 amide bonds. The van der Waals surface area contributed by atoms with Crippen molar-refractivity contribution in [1.82, 2.24) is 20.4 Å². The topological polar surface area (TPSA) is 142 Å². The lowest BCUT2D eigenvalue weighted by atomic mass is 9.74. The van der Waals surface area contributed by atoms with Crippen molar-refractivity contribution in [3.05, 3.63) is 86.5 Å². The van der Waals surface area contributed by atoms with Crippen molar-refractivity contribution in [2.45, 2.75) is 71.5 Å². The third-order valence-corrected chi connectivity index (χ3v) is 8.52. The number of nitrogens with zero attached hydrogens (tertiary/aromatic N) is 2. The van der Waals surface area contributed by atoms with Crippen LogP contribution in [-0.4, -0.2) is 50.1 Å². The molecule has 1 aliphatic heterocycles. The Morgan fingerprint density at radius 2 is 1.88 bits per heavy atom. The molecular weight excluding hydrogens is 579 g/mol. The van der Waals surface area contributed by atoms with E-state index in [-0.39, 0.29) is 22.1 Å². The Kier molecular flexibility index (Phi) is 9.54. The van der Waals surface area contributed by atoms with Gasteiger partial charge in [0.25, 0.3) is 5.91 Å². The zero-order valence-electron chi connectivity index (χ0n) is 24.3. The van der Waals surface area contributed by atoms with Gasteiger partial charge in [0.15, 0.2) is 5.75 Å². The number of amides is 2. The van der Waals surface area contributed by atoms with Gasteiger partial charge in [-0.3, -0.25) is 19.2 Å². The number of nitrogens with one attached hydrogen (secondary N) is 2. The lowest BCUT2D eigenvalue weighted by molar-refractivity contribution is -0.157. The summed E-state index contributed by atoms with van der Waals surface area (Å²) < 4.78 is 19.8. The summed E-state index contributed by atoms with van der Waals surface area (Å²) in [5.74, 6) is -2.41. The van der Waals surface area contributed by atoms with Gasteiger partial charge in [-0.25, -0.2) is 9.49 Å². The fourth-order valence-corrected chi connectivity index (χ4v) is 6.05. The number of aromatic nitrogens is 2. The minimum absolute atomic E-state index is 0.0181. The number of aryl methyl sites for hydroxylation is 1. The number of H-pyrrole nitrogens is 1. The number of aliphatic carboxylic acids is 1. The molecule has 0 aliphatic carbocycles. The monoisotopic (exact) mass is 612 g/mol. The second-order valence-corrected chi connectivity index (χ2v) is 11.1. The predicted molar refractivity (Wildman–Crippen MR) is 158 cm³/mol. The van der Waals surface area contributed by atoms with E-state index in [0.29, 0.717) is 36.9 Å². The largest absolute Gasteiger partial charge is 0.481 e. The molecule has 10 nitrogen and oxygen atoms in total. The summed E-state index contributed by atoms with van der Waals surface area (Å²) in [5, 5.41) is 19.1. The maximum atomic E-state index is 14.2. The minimum Gasteiger partial charge on any atom is -0.481 e. The van der Waals surface area contributed by atoms with Crippen LogP contribution in [0.4, 0.5) is 4.39 Å². The number of hydrogen-bond donors (Lipinski definition) is 3. The molecular formula is C31H34ClFN4O6. The minimum atomic E-state index is -1.21. The molecule has 0 unspecified atom stereocenters. The fourth-order valence-electron chi connectivity index (χ4n) is 5.83. The summed E-state index contributed by atoms with van der Waals surface area (Å²) in [6.07, 6.45) is 1.45. The van der Waals surface area contributed by atoms with Crippen molar-refractivity contribution in [3.63, 3.8) is 0 Å². The Morgan fingerprint density at radius 1 is 1.16 bits per heavy atom. The Labute approximate surface area is 253 Å². The molecule has 2 aromatic carbocycles. The van der Waals surface area contributed by atoms with Gasteiger partial charge in [-0.2, -0.15) is 5.10 Å². The summed E-state index contributed by atoms with van der Waals surface area (Å²) in [4.78, 5) is 53.3. The van der Waals surface area contributed by atoms with Crippen LogP contribution in [0.25, 0.3) is 0 Å². The molecule has 1 saturated heterocycles. The number of halogens is 2. The number of rotatable bonds is 10. The first-order chi connectivity index (χ1) is 20.4. The lowest BCUT2D eigenvalue weighted by Gasteiger charge is -2.42. The first kappa shape index (κ1) is 31.7. The molecule has 0 spiro atoms. The highest BCUT2D eigenvalue weighted by Crippen LogP contribution is 2.47.